The van der Waals surface area contributed by atoms with Gasteiger partial charge in [-0.25, -0.2) is 4.98 Å². The van der Waals surface area contributed by atoms with Gasteiger partial charge in [0, 0.05) is 24.2 Å². The second kappa shape index (κ2) is 4.53. The van der Waals surface area contributed by atoms with Crippen molar-refractivity contribution in [1.82, 2.24) is 9.55 Å². The summed E-state index contributed by atoms with van der Waals surface area (Å²) in [5, 5.41) is 9.19. The van der Waals surface area contributed by atoms with Crippen LogP contribution in [-0.4, -0.2) is 20.6 Å². The summed E-state index contributed by atoms with van der Waals surface area (Å²) in [5.41, 5.74) is 4.25. The Morgan fingerprint density at radius 1 is 1.42 bits per heavy atom. The van der Waals surface area contributed by atoms with Crippen LogP contribution >= 0.6 is 0 Å². The van der Waals surface area contributed by atoms with Crippen molar-refractivity contribution >= 4 is 5.97 Å². The summed E-state index contributed by atoms with van der Waals surface area (Å²) < 4.78 is 2.08. The molecule has 1 aromatic heterocycles. The van der Waals surface area contributed by atoms with E-state index in [9.17, 15) is 9.90 Å². The Balaban J connectivity index is 2.04. The van der Waals surface area contributed by atoms with Crippen LogP contribution < -0.4 is 0 Å². The monoisotopic (exact) mass is 256 g/mol. The molecule has 1 aromatic carbocycles. The van der Waals surface area contributed by atoms with Crippen LogP contribution in [0.5, 0.6) is 0 Å². The fourth-order valence-electron chi connectivity index (χ4n) is 2.72. The molecule has 0 radical (unpaired) electrons. The van der Waals surface area contributed by atoms with Gasteiger partial charge in [0.1, 0.15) is 0 Å². The predicted molar refractivity (Wildman–Crippen MR) is 71.8 cm³/mol. The fraction of sp³-hybridized carbons (Fsp3) is 0.333. The smallest absolute Gasteiger partial charge is 0.306 e. The van der Waals surface area contributed by atoms with Crippen molar-refractivity contribution in [3.05, 3.63) is 41.9 Å². The number of carbonyl (C=O) groups is 1. The average molecular weight is 256 g/mol. The summed E-state index contributed by atoms with van der Waals surface area (Å²) in [5.74, 6) is -0.991. The molecule has 0 fully saturated rings. The van der Waals surface area contributed by atoms with Gasteiger partial charge in [0.05, 0.1) is 17.9 Å². The van der Waals surface area contributed by atoms with Crippen LogP contribution in [0.15, 0.2) is 30.6 Å². The highest BCUT2D eigenvalue weighted by molar-refractivity contribution is 5.72. The van der Waals surface area contributed by atoms with Gasteiger partial charge in [0.2, 0.25) is 0 Å². The number of carboxylic acid groups (broad SMARTS) is 1. The zero-order valence-electron chi connectivity index (χ0n) is 10.8. The van der Waals surface area contributed by atoms with E-state index in [1.807, 2.05) is 24.5 Å². The predicted octanol–water partition coefficient (Wildman–Crippen LogP) is 2.51. The highest BCUT2D eigenvalue weighted by atomic mass is 16.4. The van der Waals surface area contributed by atoms with Gasteiger partial charge in [0.25, 0.3) is 0 Å². The maximum atomic E-state index is 11.2. The third kappa shape index (κ3) is 2.03. The lowest BCUT2D eigenvalue weighted by Crippen LogP contribution is -2.25. The number of rotatable bonds is 2. The third-order valence-electron chi connectivity index (χ3n) is 3.85. The van der Waals surface area contributed by atoms with Crippen LogP contribution in [0, 0.1) is 12.8 Å². The molecule has 1 atom stereocenters. The molecule has 98 valence electrons. The number of fused-ring (bicyclic) bond motifs is 1. The number of carboxylic acids is 1. The van der Waals surface area contributed by atoms with E-state index in [1.54, 1.807) is 0 Å². The maximum absolute atomic E-state index is 11.2. The number of hydrogen-bond acceptors (Lipinski definition) is 2. The van der Waals surface area contributed by atoms with E-state index in [-0.39, 0.29) is 5.92 Å². The van der Waals surface area contributed by atoms with Crippen LogP contribution in [0.4, 0.5) is 0 Å². The first-order valence-electron chi connectivity index (χ1n) is 6.49. The first-order chi connectivity index (χ1) is 9.16. The molecule has 0 aliphatic carbocycles. The Morgan fingerprint density at radius 2 is 2.21 bits per heavy atom. The molecule has 4 heteroatoms. The van der Waals surface area contributed by atoms with Gasteiger partial charge in [-0.3, -0.25) is 4.79 Å². The molecule has 19 heavy (non-hydrogen) atoms. The second-order valence-corrected chi connectivity index (χ2v) is 5.08. The highest BCUT2D eigenvalue weighted by Crippen LogP contribution is 2.30. The lowest BCUT2D eigenvalue weighted by molar-refractivity contribution is -0.142. The minimum atomic E-state index is -0.705. The first-order valence-corrected chi connectivity index (χ1v) is 6.49. The van der Waals surface area contributed by atoms with Crippen LogP contribution in [0.1, 0.15) is 17.7 Å². The van der Waals surface area contributed by atoms with Gasteiger partial charge in [-0.05, 0) is 18.9 Å². The standard InChI is InChI=1S/C15H16N2O2/c1-10-4-2-3-5-12(10)14-13-8-11(15(18)19)6-7-17(13)9-16-14/h2-5,9,11H,6-8H2,1H3,(H,18,19). The number of aliphatic carboxylic acids is 1. The number of benzene rings is 1. The van der Waals surface area contributed by atoms with Crippen LogP contribution in [-0.2, 0) is 17.8 Å². The summed E-state index contributed by atoms with van der Waals surface area (Å²) in [6.45, 7) is 2.80. The number of hydrogen-bond donors (Lipinski definition) is 1. The van der Waals surface area contributed by atoms with Crippen molar-refractivity contribution in [3.63, 3.8) is 0 Å². The second-order valence-electron chi connectivity index (χ2n) is 5.08. The van der Waals surface area contributed by atoms with E-state index in [4.69, 9.17) is 0 Å². The zero-order chi connectivity index (χ0) is 13.4. The normalized spacial score (nSPS) is 18.1. The summed E-state index contributed by atoms with van der Waals surface area (Å²) in [4.78, 5) is 15.7. The zero-order valence-corrected chi connectivity index (χ0v) is 10.8. The third-order valence-corrected chi connectivity index (χ3v) is 3.85. The van der Waals surface area contributed by atoms with Crippen molar-refractivity contribution in [3.8, 4) is 11.3 Å². The first kappa shape index (κ1) is 12.0. The van der Waals surface area contributed by atoms with E-state index in [0.717, 1.165) is 23.5 Å². The minimum Gasteiger partial charge on any atom is -0.481 e. The number of aromatic nitrogens is 2. The van der Waals surface area contributed by atoms with E-state index >= 15 is 0 Å². The molecule has 3 rings (SSSR count). The molecule has 1 unspecified atom stereocenters. The highest BCUT2D eigenvalue weighted by Gasteiger charge is 2.27. The van der Waals surface area contributed by atoms with Crippen molar-refractivity contribution in [2.24, 2.45) is 5.92 Å². The Bertz CT molecular complexity index is 631. The Labute approximate surface area is 111 Å². The summed E-state index contributed by atoms with van der Waals surface area (Å²) in [6.07, 6.45) is 3.08. The molecule has 4 nitrogen and oxygen atoms in total. The summed E-state index contributed by atoms with van der Waals surface area (Å²) >= 11 is 0. The molecule has 2 heterocycles. The molecule has 0 saturated carbocycles. The van der Waals surface area contributed by atoms with E-state index < -0.39 is 5.97 Å². The summed E-state index contributed by atoms with van der Waals surface area (Å²) in [6, 6.07) is 8.09. The van der Waals surface area contributed by atoms with Gasteiger partial charge in [-0.1, -0.05) is 24.3 Å². The SMILES string of the molecule is Cc1ccccc1-c1ncn2c1CC(C(=O)O)CC2. The average Bonchev–Trinajstić information content (AvgIpc) is 2.82. The molecule has 1 aliphatic rings. The van der Waals surface area contributed by atoms with Gasteiger partial charge in [-0.2, -0.15) is 0 Å². The van der Waals surface area contributed by atoms with Crippen molar-refractivity contribution in [1.29, 1.82) is 0 Å². The minimum absolute atomic E-state index is 0.285. The lowest BCUT2D eigenvalue weighted by Gasteiger charge is -2.21. The molecular weight excluding hydrogens is 240 g/mol. The fourth-order valence-corrected chi connectivity index (χ4v) is 2.72. The van der Waals surface area contributed by atoms with E-state index in [1.165, 1.54) is 5.56 Å². The molecule has 1 aliphatic heterocycles. The van der Waals surface area contributed by atoms with Gasteiger partial charge < -0.3 is 9.67 Å². The summed E-state index contributed by atoms with van der Waals surface area (Å²) in [7, 11) is 0. The van der Waals surface area contributed by atoms with Crippen molar-refractivity contribution in [2.45, 2.75) is 26.3 Å². The quantitative estimate of drug-likeness (QED) is 0.898. The molecule has 0 amide bonds. The van der Waals surface area contributed by atoms with Crippen molar-refractivity contribution < 1.29 is 9.90 Å². The number of imidazole rings is 1. The Kier molecular flexibility index (Phi) is 2.85. The topological polar surface area (TPSA) is 55.1 Å². The largest absolute Gasteiger partial charge is 0.481 e. The number of aryl methyl sites for hydroxylation is 2. The maximum Gasteiger partial charge on any atom is 0.306 e. The number of nitrogens with zero attached hydrogens (tertiary/aromatic N) is 2. The molecule has 1 N–H and O–H groups in total. The Hall–Kier alpha value is -2.10. The van der Waals surface area contributed by atoms with Gasteiger partial charge in [0.15, 0.2) is 0 Å². The van der Waals surface area contributed by atoms with E-state index in [0.29, 0.717) is 12.8 Å². The van der Waals surface area contributed by atoms with Gasteiger partial charge in [-0.15, -0.1) is 0 Å². The molecular formula is C15H16N2O2. The Morgan fingerprint density at radius 3 is 2.95 bits per heavy atom. The molecule has 0 spiro atoms. The van der Waals surface area contributed by atoms with Gasteiger partial charge >= 0.3 is 5.97 Å². The van der Waals surface area contributed by atoms with E-state index in [2.05, 4.69) is 22.5 Å². The molecule has 2 aromatic rings. The molecule has 0 saturated heterocycles. The van der Waals surface area contributed by atoms with Crippen LogP contribution in [0.25, 0.3) is 11.3 Å². The van der Waals surface area contributed by atoms with Crippen LogP contribution in [0.2, 0.25) is 0 Å². The molecule has 0 bridgehead atoms. The van der Waals surface area contributed by atoms with Crippen LogP contribution in [0.3, 0.4) is 0 Å². The lowest BCUT2D eigenvalue weighted by atomic mass is 9.93. The van der Waals surface area contributed by atoms with Crippen molar-refractivity contribution in [2.75, 3.05) is 0 Å².